The Morgan fingerprint density at radius 1 is 1.13 bits per heavy atom. The van der Waals surface area contributed by atoms with E-state index < -0.39 is 10.0 Å². The van der Waals surface area contributed by atoms with Crippen LogP contribution in [0.1, 0.15) is 25.8 Å². The number of hydrogen-bond donors (Lipinski definition) is 2. The van der Waals surface area contributed by atoms with Crippen LogP contribution in [0.3, 0.4) is 0 Å². The van der Waals surface area contributed by atoms with Crippen LogP contribution in [0.5, 0.6) is 0 Å². The normalized spacial score (nSPS) is 16.2. The molecule has 2 rings (SSSR count). The van der Waals surface area contributed by atoms with Crippen molar-refractivity contribution in [3.05, 3.63) is 29.8 Å². The first-order chi connectivity index (χ1) is 14.3. The number of ether oxygens (including phenoxy) is 1. The number of guanidine groups is 1. The van der Waals surface area contributed by atoms with Crippen molar-refractivity contribution >= 4 is 40.0 Å². The second-order valence-corrected chi connectivity index (χ2v) is 9.87. The molecular weight excluding hydrogens is 529 g/mol. The lowest BCUT2D eigenvalue weighted by atomic mass is 10.1. The third-order valence-electron chi connectivity index (χ3n) is 5.10. The molecule has 0 radical (unpaired) electrons. The third kappa shape index (κ3) is 9.21. The molecule has 0 aromatic heterocycles. The van der Waals surface area contributed by atoms with Gasteiger partial charge in [-0.25, -0.2) is 8.42 Å². The summed E-state index contributed by atoms with van der Waals surface area (Å²) >= 11 is 0. The van der Waals surface area contributed by atoms with E-state index in [4.69, 9.17) is 4.74 Å². The Balaban J connectivity index is 0.00000480. The van der Waals surface area contributed by atoms with Crippen LogP contribution in [0.4, 0.5) is 0 Å². The lowest BCUT2D eigenvalue weighted by Gasteiger charge is -2.32. The van der Waals surface area contributed by atoms with E-state index in [-0.39, 0.29) is 24.0 Å². The van der Waals surface area contributed by atoms with Crippen LogP contribution in [-0.4, -0.2) is 83.6 Å². The van der Waals surface area contributed by atoms with E-state index in [0.29, 0.717) is 49.6 Å². The minimum atomic E-state index is -3.52. The molecule has 1 aromatic rings. The van der Waals surface area contributed by atoms with Gasteiger partial charge in [0.25, 0.3) is 0 Å². The molecule has 10 heteroatoms. The average Bonchev–Trinajstić information content (AvgIpc) is 2.73. The molecular formula is C21H38IN5O3S. The van der Waals surface area contributed by atoms with E-state index in [1.807, 2.05) is 19.2 Å². The Labute approximate surface area is 204 Å². The summed E-state index contributed by atoms with van der Waals surface area (Å²) in [5.74, 6) is 1.25. The Bertz CT molecular complexity index is 781. The molecule has 0 aliphatic carbocycles. The monoisotopic (exact) mass is 567 g/mol. The number of nitrogens with zero attached hydrogens (tertiary/aromatic N) is 3. The fraction of sp³-hybridized carbons (Fsp3) is 0.667. The SMILES string of the molecule is CN=C(NCCOCCC(C)C)NCc1ccccc1S(=O)(=O)N1CCN(C)CC1.I. The fourth-order valence-corrected chi connectivity index (χ4v) is 4.78. The summed E-state index contributed by atoms with van der Waals surface area (Å²) in [6.07, 6.45) is 1.05. The number of benzene rings is 1. The highest BCUT2D eigenvalue weighted by molar-refractivity contribution is 14.0. The molecule has 1 aromatic carbocycles. The number of hydrogen-bond acceptors (Lipinski definition) is 5. The summed E-state index contributed by atoms with van der Waals surface area (Å²) in [5.41, 5.74) is 0.729. The molecule has 178 valence electrons. The molecule has 1 aliphatic heterocycles. The van der Waals surface area contributed by atoms with Gasteiger partial charge in [-0.1, -0.05) is 32.0 Å². The lowest BCUT2D eigenvalue weighted by molar-refractivity contribution is 0.128. The maximum absolute atomic E-state index is 13.2. The Morgan fingerprint density at radius 3 is 2.45 bits per heavy atom. The number of likely N-dealkylation sites (N-methyl/N-ethyl adjacent to an activating group) is 1. The van der Waals surface area contributed by atoms with Gasteiger partial charge in [-0.05, 0) is 31.0 Å². The van der Waals surface area contributed by atoms with Crippen LogP contribution in [0.25, 0.3) is 0 Å². The molecule has 2 N–H and O–H groups in total. The van der Waals surface area contributed by atoms with Crippen LogP contribution < -0.4 is 10.6 Å². The van der Waals surface area contributed by atoms with Crippen LogP contribution in [0.15, 0.2) is 34.2 Å². The maximum Gasteiger partial charge on any atom is 0.243 e. The number of piperazine rings is 1. The quantitative estimate of drug-likeness (QED) is 0.195. The first-order valence-electron chi connectivity index (χ1n) is 10.6. The first kappa shape index (κ1) is 28.1. The van der Waals surface area contributed by atoms with Crippen molar-refractivity contribution in [1.82, 2.24) is 19.8 Å². The highest BCUT2D eigenvalue weighted by atomic mass is 127. The molecule has 1 saturated heterocycles. The second-order valence-electron chi connectivity index (χ2n) is 7.96. The zero-order valence-electron chi connectivity index (χ0n) is 19.1. The summed E-state index contributed by atoms with van der Waals surface area (Å²) in [6, 6.07) is 7.16. The minimum Gasteiger partial charge on any atom is -0.380 e. The van der Waals surface area contributed by atoms with Crippen LogP contribution >= 0.6 is 24.0 Å². The molecule has 0 spiro atoms. The van der Waals surface area contributed by atoms with Gasteiger partial charge in [0.1, 0.15) is 0 Å². The maximum atomic E-state index is 13.2. The smallest absolute Gasteiger partial charge is 0.243 e. The third-order valence-corrected chi connectivity index (χ3v) is 7.10. The number of rotatable bonds is 10. The summed E-state index contributed by atoms with van der Waals surface area (Å²) in [6.45, 7) is 9.23. The van der Waals surface area contributed by atoms with E-state index in [1.165, 1.54) is 0 Å². The van der Waals surface area contributed by atoms with Gasteiger partial charge in [-0.15, -0.1) is 24.0 Å². The van der Waals surface area contributed by atoms with E-state index in [2.05, 4.69) is 34.4 Å². The topological polar surface area (TPSA) is 86.3 Å². The van der Waals surface area contributed by atoms with E-state index >= 15 is 0 Å². The first-order valence-corrected chi connectivity index (χ1v) is 12.1. The summed E-state index contributed by atoms with van der Waals surface area (Å²) in [7, 11) is 0.187. The second kappa shape index (κ2) is 14.2. The van der Waals surface area contributed by atoms with Crippen molar-refractivity contribution in [1.29, 1.82) is 0 Å². The molecule has 0 atom stereocenters. The van der Waals surface area contributed by atoms with E-state index in [9.17, 15) is 8.42 Å². The zero-order chi connectivity index (χ0) is 22.0. The summed E-state index contributed by atoms with van der Waals surface area (Å²) in [4.78, 5) is 6.71. The number of aliphatic imine (C=N–C) groups is 1. The van der Waals surface area contributed by atoms with E-state index in [0.717, 1.165) is 31.7 Å². The summed E-state index contributed by atoms with van der Waals surface area (Å²) in [5, 5.41) is 6.41. The Hall–Kier alpha value is -0.950. The van der Waals surface area contributed by atoms with Gasteiger partial charge in [0.15, 0.2) is 5.96 Å². The molecule has 1 fully saturated rings. The number of sulfonamides is 1. The molecule has 8 nitrogen and oxygen atoms in total. The highest BCUT2D eigenvalue weighted by Gasteiger charge is 2.29. The molecule has 0 bridgehead atoms. The predicted molar refractivity (Wildman–Crippen MR) is 137 cm³/mol. The molecule has 1 aliphatic rings. The largest absolute Gasteiger partial charge is 0.380 e. The Kier molecular flexibility index (Phi) is 12.9. The van der Waals surface area contributed by atoms with Crippen LogP contribution in [0, 0.1) is 5.92 Å². The van der Waals surface area contributed by atoms with Gasteiger partial charge in [0.2, 0.25) is 10.0 Å². The van der Waals surface area contributed by atoms with Crippen molar-refractivity contribution < 1.29 is 13.2 Å². The summed E-state index contributed by atoms with van der Waals surface area (Å²) < 4.78 is 33.5. The zero-order valence-corrected chi connectivity index (χ0v) is 22.3. The molecule has 0 unspecified atom stereocenters. The van der Waals surface area contributed by atoms with Gasteiger partial charge in [-0.3, -0.25) is 4.99 Å². The minimum absolute atomic E-state index is 0. The predicted octanol–water partition coefficient (Wildman–Crippen LogP) is 1.97. The van der Waals surface area contributed by atoms with Crippen molar-refractivity contribution in [2.75, 3.05) is 60.0 Å². The van der Waals surface area contributed by atoms with E-state index in [1.54, 1.807) is 23.5 Å². The molecule has 31 heavy (non-hydrogen) atoms. The van der Waals surface area contributed by atoms with Gasteiger partial charge in [-0.2, -0.15) is 4.31 Å². The highest BCUT2D eigenvalue weighted by Crippen LogP contribution is 2.21. The standard InChI is InChI=1S/C21H37N5O3S.HI/c1-18(2)9-15-29-16-10-23-21(22-3)24-17-19-7-5-6-8-20(19)30(27,28)26-13-11-25(4)12-14-26;/h5-8,18H,9-17H2,1-4H3,(H2,22,23,24);1H. The van der Waals surface area contributed by atoms with Crippen LogP contribution in [0.2, 0.25) is 0 Å². The lowest BCUT2D eigenvalue weighted by Crippen LogP contribution is -2.47. The molecule has 0 saturated carbocycles. The average molecular weight is 568 g/mol. The van der Waals surface area contributed by atoms with Crippen molar-refractivity contribution in [2.45, 2.75) is 31.7 Å². The molecule has 0 amide bonds. The van der Waals surface area contributed by atoms with Gasteiger partial charge in [0, 0.05) is 52.9 Å². The fourth-order valence-electron chi connectivity index (χ4n) is 3.13. The Morgan fingerprint density at radius 2 is 1.81 bits per heavy atom. The van der Waals surface area contributed by atoms with Crippen molar-refractivity contribution in [2.24, 2.45) is 10.9 Å². The van der Waals surface area contributed by atoms with Gasteiger partial charge in [0.05, 0.1) is 11.5 Å². The van der Waals surface area contributed by atoms with Gasteiger partial charge < -0.3 is 20.3 Å². The number of halogens is 1. The molecule has 1 heterocycles. The van der Waals surface area contributed by atoms with Crippen molar-refractivity contribution in [3.63, 3.8) is 0 Å². The number of nitrogens with one attached hydrogen (secondary N) is 2. The van der Waals surface area contributed by atoms with Crippen LogP contribution in [-0.2, 0) is 21.3 Å². The van der Waals surface area contributed by atoms with Gasteiger partial charge >= 0.3 is 0 Å². The van der Waals surface area contributed by atoms with Crippen molar-refractivity contribution in [3.8, 4) is 0 Å².